The molecule has 1 fully saturated rings. The summed E-state index contributed by atoms with van der Waals surface area (Å²) in [5, 5.41) is 7.96. The second kappa shape index (κ2) is 9.95. The number of amides is 1. The highest BCUT2D eigenvalue weighted by Crippen LogP contribution is 2.32. The molecule has 8 nitrogen and oxygen atoms in total. The van der Waals surface area contributed by atoms with Crippen molar-refractivity contribution in [1.29, 1.82) is 0 Å². The number of rotatable bonds is 11. The van der Waals surface area contributed by atoms with Crippen LogP contribution in [0.2, 0.25) is 0 Å². The summed E-state index contributed by atoms with van der Waals surface area (Å²) in [6.45, 7) is 5.37. The van der Waals surface area contributed by atoms with E-state index in [9.17, 15) is 13.2 Å². The fourth-order valence-corrected chi connectivity index (χ4v) is 5.06. The van der Waals surface area contributed by atoms with Gasteiger partial charge in [0.05, 0.1) is 12.4 Å². The van der Waals surface area contributed by atoms with Crippen molar-refractivity contribution >= 4 is 37.5 Å². The normalized spacial score (nSPS) is 13.8. The van der Waals surface area contributed by atoms with Crippen molar-refractivity contribution in [3.05, 3.63) is 40.0 Å². The lowest BCUT2D eigenvalue weighted by molar-refractivity contribution is 0.0991. The molecule has 0 radical (unpaired) electrons. The summed E-state index contributed by atoms with van der Waals surface area (Å²) in [7, 11) is -3.71. The molecule has 0 unspecified atom stereocenters. The molecular formula is C21H27BrN4O4S. The topological polar surface area (TPSA) is 115 Å². The minimum atomic E-state index is -3.71. The third kappa shape index (κ3) is 5.94. The maximum Gasteiger partial charge on any atom is 0.270 e. The molecule has 1 aliphatic carbocycles. The number of hydrogen-bond donors (Lipinski definition) is 1. The van der Waals surface area contributed by atoms with Gasteiger partial charge in [0.1, 0.15) is 10.6 Å². The Morgan fingerprint density at radius 2 is 2.00 bits per heavy atom. The van der Waals surface area contributed by atoms with E-state index in [0.29, 0.717) is 37.9 Å². The first-order valence-electron chi connectivity index (χ1n) is 10.3. The van der Waals surface area contributed by atoms with Gasteiger partial charge in [0.15, 0.2) is 21.3 Å². The molecule has 0 spiro atoms. The molecule has 3 rings (SSSR count). The number of nitrogens with zero attached hydrogens (tertiary/aromatic N) is 3. The van der Waals surface area contributed by atoms with Crippen LogP contribution in [0.1, 0.15) is 49.2 Å². The molecule has 1 aliphatic rings. The number of benzene rings is 1. The minimum Gasteiger partial charge on any atom is -0.493 e. The molecule has 1 amide bonds. The van der Waals surface area contributed by atoms with Crippen molar-refractivity contribution in [3.63, 3.8) is 0 Å². The van der Waals surface area contributed by atoms with Crippen molar-refractivity contribution < 1.29 is 17.9 Å². The van der Waals surface area contributed by atoms with Crippen molar-refractivity contribution in [3.8, 4) is 5.75 Å². The van der Waals surface area contributed by atoms with Gasteiger partial charge in [-0.1, -0.05) is 22.9 Å². The molecule has 1 aromatic heterocycles. The van der Waals surface area contributed by atoms with E-state index in [0.717, 1.165) is 15.8 Å². The molecule has 2 aromatic rings. The lowest BCUT2D eigenvalue weighted by Crippen LogP contribution is -2.26. The Labute approximate surface area is 191 Å². The molecule has 1 saturated carbocycles. The monoisotopic (exact) mass is 510 g/mol. The lowest BCUT2D eigenvalue weighted by atomic mass is 10.2. The van der Waals surface area contributed by atoms with Gasteiger partial charge in [0, 0.05) is 29.2 Å². The van der Waals surface area contributed by atoms with Crippen LogP contribution in [0.3, 0.4) is 0 Å². The molecule has 0 bridgehead atoms. The lowest BCUT2D eigenvalue weighted by Gasteiger charge is -2.24. The van der Waals surface area contributed by atoms with Gasteiger partial charge in [-0.3, -0.25) is 4.79 Å². The van der Waals surface area contributed by atoms with E-state index in [-0.39, 0.29) is 16.3 Å². The number of ether oxygens (including phenoxy) is 1. The Bertz CT molecular complexity index is 1060. The number of carbonyl (C=O) groups excluding carboxylic acids is 1. The Kier molecular flexibility index (Phi) is 7.53. The molecular weight excluding hydrogens is 484 g/mol. The van der Waals surface area contributed by atoms with Gasteiger partial charge in [-0.05, 0) is 50.3 Å². The minimum absolute atomic E-state index is 0.102. The van der Waals surface area contributed by atoms with Crippen molar-refractivity contribution in [2.24, 2.45) is 11.7 Å². The summed E-state index contributed by atoms with van der Waals surface area (Å²) in [6, 6.07) is 7.22. The zero-order valence-corrected chi connectivity index (χ0v) is 20.1. The largest absolute Gasteiger partial charge is 0.493 e. The highest BCUT2D eigenvalue weighted by atomic mass is 79.9. The molecule has 0 atom stereocenters. The van der Waals surface area contributed by atoms with Crippen LogP contribution in [0.4, 0.5) is 5.82 Å². The summed E-state index contributed by atoms with van der Waals surface area (Å²) >= 11 is 3.50. The molecule has 31 heavy (non-hydrogen) atoms. The van der Waals surface area contributed by atoms with Crippen molar-refractivity contribution in [2.75, 3.05) is 23.8 Å². The van der Waals surface area contributed by atoms with Gasteiger partial charge >= 0.3 is 0 Å². The van der Waals surface area contributed by atoms with E-state index < -0.39 is 15.7 Å². The highest BCUT2D eigenvalue weighted by Gasteiger charge is 2.26. The van der Waals surface area contributed by atoms with Crippen LogP contribution in [-0.2, 0) is 16.4 Å². The van der Waals surface area contributed by atoms with Gasteiger partial charge in [0.2, 0.25) is 0 Å². The predicted octanol–water partition coefficient (Wildman–Crippen LogP) is 3.34. The van der Waals surface area contributed by atoms with Crippen LogP contribution < -0.4 is 15.4 Å². The number of primary amides is 1. The van der Waals surface area contributed by atoms with Gasteiger partial charge in [-0.15, -0.1) is 10.2 Å². The number of halogens is 1. The van der Waals surface area contributed by atoms with E-state index in [1.54, 1.807) is 6.92 Å². The Morgan fingerprint density at radius 1 is 1.26 bits per heavy atom. The van der Waals surface area contributed by atoms with Gasteiger partial charge in [-0.25, -0.2) is 8.42 Å². The van der Waals surface area contributed by atoms with Crippen LogP contribution in [0.15, 0.2) is 33.6 Å². The molecule has 10 heteroatoms. The van der Waals surface area contributed by atoms with Crippen molar-refractivity contribution in [2.45, 2.75) is 44.6 Å². The predicted molar refractivity (Wildman–Crippen MR) is 122 cm³/mol. The van der Waals surface area contributed by atoms with Crippen LogP contribution in [-0.4, -0.2) is 43.4 Å². The third-order valence-corrected chi connectivity index (χ3v) is 7.47. The second-order valence-electron chi connectivity index (χ2n) is 7.62. The van der Waals surface area contributed by atoms with Crippen LogP contribution >= 0.6 is 15.9 Å². The zero-order chi connectivity index (χ0) is 22.6. The molecule has 0 aliphatic heterocycles. The summed E-state index contributed by atoms with van der Waals surface area (Å²) in [6.07, 6.45) is 2.81. The summed E-state index contributed by atoms with van der Waals surface area (Å²) in [5.41, 5.74) is 5.96. The number of anilines is 1. The van der Waals surface area contributed by atoms with E-state index in [1.165, 1.54) is 18.9 Å². The summed E-state index contributed by atoms with van der Waals surface area (Å²) in [5.74, 6) is 0.747. The number of aromatic nitrogens is 2. The average Bonchev–Trinajstić information content (AvgIpc) is 3.55. The zero-order valence-electron chi connectivity index (χ0n) is 17.7. The van der Waals surface area contributed by atoms with E-state index in [2.05, 4.69) is 26.1 Å². The van der Waals surface area contributed by atoms with Gasteiger partial charge in [-0.2, -0.15) is 0 Å². The quantitative estimate of drug-likeness (QED) is 0.492. The Morgan fingerprint density at radius 3 is 2.61 bits per heavy atom. The molecule has 1 heterocycles. The first-order valence-corrected chi connectivity index (χ1v) is 12.8. The maximum absolute atomic E-state index is 12.7. The van der Waals surface area contributed by atoms with Gasteiger partial charge < -0.3 is 15.4 Å². The number of sulfone groups is 1. The molecule has 1 aromatic carbocycles. The van der Waals surface area contributed by atoms with Crippen LogP contribution in [0.25, 0.3) is 0 Å². The molecule has 2 N–H and O–H groups in total. The van der Waals surface area contributed by atoms with Crippen LogP contribution in [0, 0.1) is 5.92 Å². The highest BCUT2D eigenvalue weighted by molar-refractivity contribution is 9.10. The SMILES string of the molecule is CCCS(=O)(=O)c1cc(N(CC)Cc2cc(Br)ccc2OCC2CC2)nnc1C(N)=O. The third-order valence-electron chi connectivity index (χ3n) is 5.05. The molecule has 168 valence electrons. The standard InChI is InChI=1S/C21H27BrN4O4S/c1-3-9-31(28,29)18-11-19(24-25-20(18)21(23)27)26(4-2)12-15-10-16(22)7-8-17(15)30-13-14-5-6-14/h7-8,10-11,14H,3-6,9,12-13H2,1-2H3,(H2,23,27). The Balaban J connectivity index is 1.94. The Hall–Kier alpha value is -2.20. The molecule has 0 saturated heterocycles. The number of nitrogens with two attached hydrogens (primary N) is 1. The average molecular weight is 511 g/mol. The van der Waals surface area contributed by atoms with Crippen molar-refractivity contribution in [1.82, 2.24) is 10.2 Å². The van der Waals surface area contributed by atoms with E-state index >= 15 is 0 Å². The summed E-state index contributed by atoms with van der Waals surface area (Å²) in [4.78, 5) is 13.5. The smallest absolute Gasteiger partial charge is 0.270 e. The first kappa shape index (κ1) is 23.5. The fourth-order valence-electron chi connectivity index (χ4n) is 3.17. The number of carbonyl (C=O) groups is 1. The van der Waals surface area contributed by atoms with E-state index in [1.807, 2.05) is 30.0 Å². The summed E-state index contributed by atoms with van der Waals surface area (Å²) < 4.78 is 32.4. The van der Waals surface area contributed by atoms with E-state index in [4.69, 9.17) is 10.5 Å². The maximum atomic E-state index is 12.7. The second-order valence-corrected chi connectivity index (χ2v) is 10.6. The number of hydrogen-bond acceptors (Lipinski definition) is 7. The van der Waals surface area contributed by atoms with Crippen LogP contribution in [0.5, 0.6) is 5.75 Å². The first-order chi connectivity index (χ1) is 14.7. The fraction of sp³-hybridized carbons (Fsp3) is 0.476. The van der Waals surface area contributed by atoms with Gasteiger partial charge in [0.25, 0.3) is 5.91 Å².